The van der Waals surface area contributed by atoms with Crippen molar-refractivity contribution in [1.82, 2.24) is 20.5 Å². The topological polar surface area (TPSA) is 77.6 Å². The first-order valence-electron chi connectivity index (χ1n) is 13.9. The van der Waals surface area contributed by atoms with Gasteiger partial charge in [-0.1, -0.05) is 59.6 Å². The number of hydrogen-bond donors (Lipinski definition) is 2. The highest BCUT2D eigenvalue weighted by atomic mass is 35.5. The number of carbonyl (C=O) groups is 2. The van der Waals surface area contributed by atoms with Gasteiger partial charge in [-0.05, 0) is 59.5 Å². The van der Waals surface area contributed by atoms with Crippen molar-refractivity contribution in [1.29, 1.82) is 0 Å². The molecule has 3 heterocycles. The monoisotopic (exact) mass is 587 g/mol. The fourth-order valence-electron chi connectivity index (χ4n) is 5.74. The Hall–Kier alpha value is -3.65. The number of halogens is 2. The van der Waals surface area contributed by atoms with Gasteiger partial charge in [0.15, 0.2) is 0 Å². The van der Waals surface area contributed by atoms with Crippen molar-refractivity contribution in [3.05, 3.63) is 106 Å². The van der Waals surface area contributed by atoms with Gasteiger partial charge in [-0.15, -0.1) is 0 Å². The number of anilines is 1. The summed E-state index contributed by atoms with van der Waals surface area (Å²) in [4.78, 5) is 35.9. The van der Waals surface area contributed by atoms with E-state index in [0.29, 0.717) is 55.6 Å². The van der Waals surface area contributed by atoms with Gasteiger partial charge in [0, 0.05) is 66.5 Å². The van der Waals surface area contributed by atoms with Crippen LogP contribution in [-0.2, 0) is 29.0 Å². The molecule has 0 bridgehead atoms. The van der Waals surface area contributed by atoms with E-state index in [1.165, 1.54) is 5.56 Å². The van der Waals surface area contributed by atoms with E-state index < -0.39 is 12.1 Å². The lowest BCUT2D eigenvalue weighted by molar-refractivity contribution is -0.137. The second kappa shape index (κ2) is 12.1. The van der Waals surface area contributed by atoms with E-state index in [1.54, 1.807) is 6.20 Å². The number of pyridine rings is 1. The third-order valence-electron chi connectivity index (χ3n) is 7.98. The van der Waals surface area contributed by atoms with Crippen LogP contribution < -0.4 is 15.5 Å². The summed E-state index contributed by atoms with van der Waals surface area (Å²) in [6.07, 6.45) is 2.77. The van der Waals surface area contributed by atoms with Gasteiger partial charge in [-0.3, -0.25) is 14.6 Å². The van der Waals surface area contributed by atoms with Crippen LogP contribution >= 0.6 is 23.2 Å². The van der Waals surface area contributed by atoms with Crippen molar-refractivity contribution < 1.29 is 9.59 Å². The molecule has 1 aromatic heterocycles. The molecule has 1 fully saturated rings. The zero-order valence-corrected chi connectivity index (χ0v) is 24.0. The normalized spacial score (nSPS) is 17.7. The number of amides is 2. The molecule has 2 aliphatic heterocycles. The Morgan fingerprint density at radius 3 is 2.44 bits per heavy atom. The molecule has 9 heteroatoms. The van der Waals surface area contributed by atoms with Gasteiger partial charge in [0.1, 0.15) is 6.04 Å². The van der Waals surface area contributed by atoms with Gasteiger partial charge in [0.2, 0.25) is 11.8 Å². The largest absolute Gasteiger partial charge is 0.367 e. The van der Waals surface area contributed by atoms with Crippen molar-refractivity contribution >= 4 is 51.6 Å². The molecule has 7 nitrogen and oxygen atoms in total. The Balaban J connectivity index is 1.16. The van der Waals surface area contributed by atoms with Gasteiger partial charge in [0.25, 0.3) is 0 Å². The molecule has 0 saturated carbocycles. The second-order valence-corrected chi connectivity index (χ2v) is 11.5. The molecule has 0 radical (unpaired) electrons. The SMILES string of the molecule is O=C(N[C@H](Cc1ccc(Cl)cc1)C(=O)N1CCN(c2ccnc3cc(Cl)ccc23)CC1)[C@H]1Cc2ccccc2CN1. The Kier molecular flexibility index (Phi) is 8.10. The molecule has 2 atom stereocenters. The summed E-state index contributed by atoms with van der Waals surface area (Å²) in [7, 11) is 0. The molecule has 0 spiro atoms. The first-order valence-corrected chi connectivity index (χ1v) is 14.6. The maximum absolute atomic E-state index is 13.9. The highest BCUT2D eigenvalue weighted by Crippen LogP contribution is 2.28. The number of fused-ring (bicyclic) bond motifs is 2. The van der Waals surface area contributed by atoms with E-state index >= 15 is 0 Å². The van der Waals surface area contributed by atoms with Crippen LogP contribution in [-0.4, -0.2) is 60.0 Å². The lowest BCUT2D eigenvalue weighted by atomic mass is 9.95. The fourth-order valence-corrected chi connectivity index (χ4v) is 6.03. The predicted molar refractivity (Wildman–Crippen MR) is 163 cm³/mol. The van der Waals surface area contributed by atoms with Gasteiger partial charge in [-0.2, -0.15) is 0 Å². The number of aromatic nitrogens is 1. The minimum Gasteiger partial charge on any atom is -0.367 e. The molecule has 41 heavy (non-hydrogen) atoms. The lowest BCUT2D eigenvalue weighted by Crippen LogP contribution is -2.58. The van der Waals surface area contributed by atoms with Gasteiger partial charge in [-0.25, -0.2) is 0 Å². The summed E-state index contributed by atoms with van der Waals surface area (Å²) in [6, 6.07) is 22.2. The Morgan fingerprint density at radius 1 is 0.927 bits per heavy atom. The van der Waals surface area contributed by atoms with E-state index in [2.05, 4.69) is 32.7 Å². The number of carbonyl (C=O) groups excluding carboxylic acids is 2. The van der Waals surface area contributed by atoms with E-state index in [9.17, 15) is 9.59 Å². The van der Waals surface area contributed by atoms with Crippen molar-refractivity contribution in [2.24, 2.45) is 0 Å². The first-order chi connectivity index (χ1) is 19.9. The molecule has 0 unspecified atom stereocenters. The summed E-state index contributed by atoms with van der Waals surface area (Å²) in [5.74, 6) is -0.233. The Bertz CT molecular complexity index is 1570. The van der Waals surface area contributed by atoms with E-state index in [-0.39, 0.29) is 11.8 Å². The highest BCUT2D eigenvalue weighted by Gasteiger charge is 2.32. The number of hydrogen-bond acceptors (Lipinski definition) is 5. The Morgan fingerprint density at radius 2 is 1.66 bits per heavy atom. The number of benzene rings is 3. The number of nitrogens with zero attached hydrogens (tertiary/aromatic N) is 3. The smallest absolute Gasteiger partial charge is 0.245 e. The van der Waals surface area contributed by atoms with Crippen LogP contribution in [0.5, 0.6) is 0 Å². The molecule has 0 aliphatic carbocycles. The zero-order valence-electron chi connectivity index (χ0n) is 22.5. The molecule has 2 amide bonds. The average Bonchev–Trinajstić information content (AvgIpc) is 3.00. The van der Waals surface area contributed by atoms with Crippen molar-refractivity contribution in [2.45, 2.75) is 31.5 Å². The van der Waals surface area contributed by atoms with Crippen LogP contribution in [0.1, 0.15) is 16.7 Å². The second-order valence-electron chi connectivity index (χ2n) is 10.6. The minimum absolute atomic E-state index is 0.0736. The summed E-state index contributed by atoms with van der Waals surface area (Å²) in [5.41, 5.74) is 5.23. The van der Waals surface area contributed by atoms with E-state index in [4.69, 9.17) is 23.2 Å². The van der Waals surface area contributed by atoms with Crippen LogP contribution in [0.2, 0.25) is 10.0 Å². The number of nitrogens with one attached hydrogen (secondary N) is 2. The van der Waals surface area contributed by atoms with Crippen LogP contribution in [0.4, 0.5) is 5.69 Å². The van der Waals surface area contributed by atoms with Crippen LogP contribution in [0.25, 0.3) is 10.9 Å². The van der Waals surface area contributed by atoms with Gasteiger partial charge in [0.05, 0.1) is 11.6 Å². The van der Waals surface area contributed by atoms with Crippen LogP contribution in [0.3, 0.4) is 0 Å². The predicted octanol–water partition coefficient (Wildman–Crippen LogP) is 4.63. The van der Waals surface area contributed by atoms with Crippen LogP contribution in [0.15, 0.2) is 79.0 Å². The molecular weight excluding hydrogens is 557 g/mol. The molecule has 6 rings (SSSR count). The van der Waals surface area contributed by atoms with Crippen LogP contribution in [0, 0.1) is 0 Å². The minimum atomic E-state index is -0.682. The van der Waals surface area contributed by atoms with E-state index in [0.717, 1.165) is 27.7 Å². The zero-order chi connectivity index (χ0) is 28.3. The molecule has 2 N–H and O–H groups in total. The number of rotatable bonds is 6. The molecule has 4 aromatic rings. The standard InChI is InChI=1S/C32H31Cl2N5O2/c33-24-7-5-21(6-8-24)17-29(37-31(40)28-18-22-3-1-2-4-23(22)20-36-28)32(41)39-15-13-38(14-16-39)30-11-12-35-27-19-25(34)9-10-26(27)30/h1-12,19,28-29,36H,13-18,20H2,(H,37,40)/t28-,29-/m1/s1. The third-order valence-corrected chi connectivity index (χ3v) is 8.47. The van der Waals surface area contributed by atoms with Crippen molar-refractivity contribution in [3.8, 4) is 0 Å². The highest BCUT2D eigenvalue weighted by molar-refractivity contribution is 6.31. The number of piperazine rings is 1. The Labute approximate surface area is 249 Å². The summed E-state index contributed by atoms with van der Waals surface area (Å²) in [6.45, 7) is 3.09. The van der Waals surface area contributed by atoms with Gasteiger partial charge < -0.3 is 20.4 Å². The average molecular weight is 589 g/mol. The first kappa shape index (κ1) is 27.5. The quantitative estimate of drug-likeness (QED) is 0.344. The lowest BCUT2D eigenvalue weighted by Gasteiger charge is -2.38. The molecular formula is C32H31Cl2N5O2. The molecule has 3 aromatic carbocycles. The molecule has 210 valence electrons. The molecule has 1 saturated heterocycles. The summed E-state index contributed by atoms with van der Waals surface area (Å²) < 4.78 is 0. The maximum Gasteiger partial charge on any atom is 0.245 e. The van der Waals surface area contributed by atoms with Crippen molar-refractivity contribution in [3.63, 3.8) is 0 Å². The van der Waals surface area contributed by atoms with Crippen molar-refractivity contribution in [2.75, 3.05) is 31.1 Å². The third kappa shape index (κ3) is 6.17. The fraction of sp³-hybridized carbons (Fsp3) is 0.281. The van der Waals surface area contributed by atoms with Gasteiger partial charge >= 0.3 is 0 Å². The van der Waals surface area contributed by atoms with E-state index in [1.807, 2.05) is 65.6 Å². The maximum atomic E-state index is 13.9. The molecule has 2 aliphatic rings. The summed E-state index contributed by atoms with van der Waals surface area (Å²) in [5, 5.41) is 8.75. The summed E-state index contributed by atoms with van der Waals surface area (Å²) >= 11 is 12.3.